The molecule has 2 aromatic rings. The van der Waals surface area contributed by atoms with Crippen LogP contribution in [0.25, 0.3) is 0 Å². The van der Waals surface area contributed by atoms with Gasteiger partial charge in [0, 0.05) is 25.5 Å². The number of hydrogen-bond acceptors (Lipinski definition) is 3. The zero-order valence-electron chi connectivity index (χ0n) is 12.9. The molecule has 0 radical (unpaired) electrons. The molecule has 0 spiro atoms. The van der Waals surface area contributed by atoms with Gasteiger partial charge in [0.1, 0.15) is 5.82 Å². The monoisotopic (exact) mass is 335 g/mol. The molecule has 6 heteroatoms. The van der Waals surface area contributed by atoms with Crippen molar-refractivity contribution in [1.29, 1.82) is 0 Å². The number of aryl methyl sites for hydroxylation is 1. The van der Waals surface area contributed by atoms with E-state index in [1.807, 2.05) is 18.3 Å². The van der Waals surface area contributed by atoms with Gasteiger partial charge in [-0.1, -0.05) is 17.7 Å². The Morgan fingerprint density at radius 3 is 2.91 bits per heavy atom. The fourth-order valence-electron chi connectivity index (χ4n) is 2.08. The van der Waals surface area contributed by atoms with Crippen LogP contribution in [0.15, 0.2) is 36.7 Å². The second-order valence-corrected chi connectivity index (χ2v) is 5.64. The Bertz CT molecular complexity index is 664. The Hall–Kier alpha value is -1.98. The minimum absolute atomic E-state index is 0.125. The van der Waals surface area contributed by atoms with Crippen molar-refractivity contribution in [3.05, 3.63) is 64.2 Å². The van der Waals surface area contributed by atoms with Gasteiger partial charge in [-0.15, -0.1) is 0 Å². The number of nitrogens with zero attached hydrogens (tertiary/aromatic N) is 1. The molecular formula is C17H19ClFN3O. The van der Waals surface area contributed by atoms with Crippen molar-refractivity contribution in [3.63, 3.8) is 0 Å². The number of nitrogens with one attached hydrogen (secondary N) is 2. The average molecular weight is 336 g/mol. The van der Waals surface area contributed by atoms with Gasteiger partial charge >= 0.3 is 0 Å². The molecule has 0 saturated carbocycles. The van der Waals surface area contributed by atoms with E-state index < -0.39 is 5.82 Å². The Morgan fingerprint density at radius 1 is 1.35 bits per heavy atom. The molecule has 122 valence electrons. The number of pyridine rings is 1. The molecular weight excluding hydrogens is 317 g/mol. The fraction of sp³-hybridized carbons (Fsp3) is 0.294. The largest absolute Gasteiger partial charge is 0.352 e. The highest BCUT2D eigenvalue weighted by Gasteiger charge is 2.12. The number of aromatic nitrogens is 1. The number of amides is 1. The van der Waals surface area contributed by atoms with E-state index in [0.29, 0.717) is 17.7 Å². The molecule has 0 aliphatic heterocycles. The molecule has 1 amide bonds. The molecule has 0 bridgehead atoms. The van der Waals surface area contributed by atoms with Crippen LogP contribution >= 0.6 is 11.6 Å². The maximum absolute atomic E-state index is 13.3. The van der Waals surface area contributed by atoms with Crippen molar-refractivity contribution in [3.8, 4) is 0 Å². The van der Waals surface area contributed by atoms with Gasteiger partial charge in [-0.05, 0) is 49.2 Å². The zero-order valence-corrected chi connectivity index (χ0v) is 13.7. The highest BCUT2D eigenvalue weighted by molar-refractivity contribution is 6.33. The Labute approximate surface area is 140 Å². The van der Waals surface area contributed by atoms with Crippen molar-refractivity contribution in [2.24, 2.45) is 0 Å². The minimum atomic E-state index is -0.411. The van der Waals surface area contributed by atoms with E-state index >= 15 is 0 Å². The van der Waals surface area contributed by atoms with E-state index in [4.69, 9.17) is 11.6 Å². The van der Waals surface area contributed by atoms with Crippen molar-refractivity contribution in [2.45, 2.75) is 19.9 Å². The number of benzene rings is 1. The molecule has 1 aromatic carbocycles. The van der Waals surface area contributed by atoms with Crippen LogP contribution in [0.5, 0.6) is 0 Å². The lowest BCUT2D eigenvalue weighted by atomic mass is 10.1. The quantitative estimate of drug-likeness (QED) is 0.764. The van der Waals surface area contributed by atoms with Gasteiger partial charge in [0.2, 0.25) is 0 Å². The number of halogens is 2. The first kappa shape index (κ1) is 17.4. The summed E-state index contributed by atoms with van der Waals surface area (Å²) in [6.07, 6.45) is 4.33. The van der Waals surface area contributed by atoms with Crippen LogP contribution < -0.4 is 10.6 Å². The molecule has 2 N–H and O–H groups in total. The molecule has 0 atom stereocenters. The minimum Gasteiger partial charge on any atom is -0.352 e. The van der Waals surface area contributed by atoms with Gasteiger partial charge in [-0.3, -0.25) is 9.78 Å². The smallest absolute Gasteiger partial charge is 0.252 e. The summed E-state index contributed by atoms with van der Waals surface area (Å²) >= 11 is 5.91. The highest BCUT2D eigenvalue weighted by Crippen LogP contribution is 2.20. The van der Waals surface area contributed by atoms with Crippen molar-refractivity contribution >= 4 is 17.5 Å². The van der Waals surface area contributed by atoms with Crippen LogP contribution in [0.2, 0.25) is 5.02 Å². The summed E-state index contributed by atoms with van der Waals surface area (Å²) in [5, 5.41) is 6.19. The van der Waals surface area contributed by atoms with Crippen LogP contribution in [0.4, 0.5) is 4.39 Å². The van der Waals surface area contributed by atoms with Crippen LogP contribution in [0.1, 0.15) is 27.9 Å². The van der Waals surface area contributed by atoms with E-state index in [2.05, 4.69) is 15.6 Å². The van der Waals surface area contributed by atoms with E-state index in [-0.39, 0.29) is 10.9 Å². The average Bonchev–Trinajstić information content (AvgIpc) is 2.55. The van der Waals surface area contributed by atoms with Gasteiger partial charge in [0.05, 0.1) is 10.6 Å². The van der Waals surface area contributed by atoms with Gasteiger partial charge in [0.15, 0.2) is 0 Å². The fourth-order valence-corrected chi connectivity index (χ4v) is 2.31. The molecule has 2 rings (SSSR count). The molecule has 1 heterocycles. The standard InChI is InChI=1S/C17H19ClFN3O/c1-12-8-14(15(18)9-16(12)19)17(23)22-7-3-6-21-11-13-4-2-5-20-10-13/h2,4-5,8-10,21H,3,6-7,11H2,1H3,(H,22,23). The lowest BCUT2D eigenvalue weighted by molar-refractivity contribution is 0.0953. The van der Waals surface area contributed by atoms with E-state index in [1.165, 1.54) is 12.1 Å². The Balaban J connectivity index is 1.70. The summed E-state index contributed by atoms with van der Waals surface area (Å²) in [4.78, 5) is 16.1. The summed E-state index contributed by atoms with van der Waals surface area (Å²) in [5.74, 6) is -0.698. The van der Waals surface area contributed by atoms with Crippen molar-refractivity contribution < 1.29 is 9.18 Å². The third-order valence-electron chi connectivity index (χ3n) is 3.36. The normalized spacial score (nSPS) is 10.6. The van der Waals surface area contributed by atoms with Gasteiger partial charge in [-0.25, -0.2) is 4.39 Å². The third-order valence-corrected chi connectivity index (χ3v) is 3.67. The van der Waals surface area contributed by atoms with E-state index in [1.54, 1.807) is 13.1 Å². The van der Waals surface area contributed by atoms with E-state index in [0.717, 1.165) is 25.1 Å². The summed E-state index contributed by atoms with van der Waals surface area (Å²) in [6.45, 7) is 3.63. The van der Waals surface area contributed by atoms with Gasteiger partial charge in [0.25, 0.3) is 5.91 Å². The molecule has 1 aromatic heterocycles. The number of rotatable bonds is 7. The summed E-state index contributed by atoms with van der Waals surface area (Å²) < 4.78 is 13.3. The summed E-state index contributed by atoms with van der Waals surface area (Å²) in [6, 6.07) is 6.53. The molecule has 4 nitrogen and oxygen atoms in total. The molecule has 0 unspecified atom stereocenters. The van der Waals surface area contributed by atoms with Crippen LogP contribution in [-0.4, -0.2) is 24.0 Å². The molecule has 0 saturated heterocycles. The highest BCUT2D eigenvalue weighted by atomic mass is 35.5. The zero-order chi connectivity index (χ0) is 16.7. The molecule has 0 fully saturated rings. The van der Waals surface area contributed by atoms with E-state index in [9.17, 15) is 9.18 Å². The second-order valence-electron chi connectivity index (χ2n) is 5.23. The number of hydrogen-bond donors (Lipinski definition) is 2. The summed E-state index contributed by atoms with van der Waals surface area (Å²) in [5.41, 5.74) is 1.82. The maximum Gasteiger partial charge on any atom is 0.252 e. The Morgan fingerprint density at radius 2 is 2.17 bits per heavy atom. The first-order chi connectivity index (χ1) is 11.1. The first-order valence-corrected chi connectivity index (χ1v) is 7.79. The van der Waals surface area contributed by atoms with Crippen molar-refractivity contribution in [1.82, 2.24) is 15.6 Å². The van der Waals surface area contributed by atoms with Crippen molar-refractivity contribution in [2.75, 3.05) is 13.1 Å². The van der Waals surface area contributed by atoms with Crippen LogP contribution in [-0.2, 0) is 6.54 Å². The van der Waals surface area contributed by atoms with Crippen LogP contribution in [0.3, 0.4) is 0 Å². The van der Waals surface area contributed by atoms with Gasteiger partial charge in [-0.2, -0.15) is 0 Å². The van der Waals surface area contributed by atoms with Gasteiger partial charge < -0.3 is 10.6 Å². The molecule has 0 aliphatic rings. The summed E-state index contributed by atoms with van der Waals surface area (Å²) in [7, 11) is 0. The Kier molecular flexibility index (Phi) is 6.50. The lowest BCUT2D eigenvalue weighted by Gasteiger charge is -2.09. The predicted octanol–water partition coefficient (Wildman–Crippen LogP) is 3.09. The lowest BCUT2D eigenvalue weighted by Crippen LogP contribution is -2.27. The number of carbonyl (C=O) groups is 1. The molecule has 23 heavy (non-hydrogen) atoms. The SMILES string of the molecule is Cc1cc(C(=O)NCCCNCc2cccnc2)c(Cl)cc1F. The second kappa shape index (κ2) is 8.60. The van der Waals surface area contributed by atoms with Crippen LogP contribution in [0, 0.1) is 12.7 Å². The third kappa shape index (κ3) is 5.30. The first-order valence-electron chi connectivity index (χ1n) is 7.41. The predicted molar refractivity (Wildman–Crippen MR) is 89.0 cm³/mol. The molecule has 0 aliphatic carbocycles. The topological polar surface area (TPSA) is 54.0 Å². The number of carbonyl (C=O) groups excluding carboxylic acids is 1. The maximum atomic E-state index is 13.3.